The summed E-state index contributed by atoms with van der Waals surface area (Å²) < 4.78 is 0. The Morgan fingerprint density at radius 1 is 1.47 bits per heavy atom. The summed E-state index contributed by atoms with van der Waals surface area (Å²) >= 11 is 0. The number of urea groups is 1. The molecule has 1 aliphatic rings. The van der Waals surface area contributed by atoms with Crippen molar-refractivity contribution in [2.24, 2.45) is 0 Å². The molecule has 1 unspecified atom stereocenters. The Morgan fingerprint density at radius 3 is 2.71 bits per heavy atom. The van der Waals surface area contributed by atoms with Gasteiger partial charge in [0, 0.05) is 32.1 Å². The van der Waals surface area contributed by atoms with E-state index in [2.05, 4.69) is 10.2 Å². The number of likely N-dealkylation sites (N-methyl/N-ethyl adjacent to an activating group) is 1. The first-order chi connectivity index (χ1) is 8.00. The van der Waals surface area contributed by atoms with Gasteiger partial charge in [-0.15, -0.1) is 0 Å². The van der Waals surface area contributed by atoms with E-state index in [9.17, 15) is 9.59 Å². The molecule has 1 fully saturated rings. The molecule has 0 aromatic carbocycles. The Labute approximate surface area is 102 Å². The SMILES string of the molecule is CN(C)C1CCN(C(=O)NCCCC(=O)O)C1. The van der Waals surface area contributed by atoms with Crippen molar-refractivity contribution in [1.29, 1.82) is 0 Å². The van der Waals surface area contributed by atoms with Crippen molar-refractivity contribution in [2.45, 2.75) is 25.3 Å². The molecule has 1 saturated heterocycles. The van der Waals surface area contributed by atoms with Crippen molar-refractivity contribution in [3.63, 3.8) is 0 Å². The zero-order chi connectivity index (χ0) is 12.8. The molecule has 0 saturated carbocycles. The van der Waals surface area contributed by atoms with Crippen molar-refractivity contribution in [3.05, 3.63) is 0 Å². The Morgan fingerprint density at radius 2 is 2.18 bits per heavy atom. The van der Waals surface area contributed by atoms with Crippen LogP contribution in [0.4, 0.5) is 4.79 Å². The number of carboxylic acid groups (broad SMARTS) is 1. The Kier molecular flexibility index (Phi) is 5.21. The lowest BCUT2D eigenvalue weighted by Gasteiger charge is -2.20. The summed E-state index contributed by atoms with van der Waals surface area (Å²) in [6.45, 7) is 1.94. The number of likely N-dealkylation sites (tertiary alicyclic amines) is 1. The van der Waals surface area contributed by atoms with Crippen molar-refractivity contribution in [2.75, 3.05) is 33.7 Å². The number of amides is 2. The normalized spacial score (nSPS) is 19.7. The first kappa shape index (κ1) is 13.8. The zero-order valence-corrected chi connectivity index (χ0v) is 10.5. The van der Waals surface area contributed by atoms with Crippen LogP contribution in [0, 0.1) is 0 Å². The van der Waals surface area contributed by atoms with Gasteiger partial charge in [0.1, 0.15) is 0 Å². The molecule has 6 heteroatoms. The maximum Gasteiger partial charge on any atom is 0.317 e. The summed E-state index contributed by atoms with van der Waals surface area (Å²) in [4.78, 5) is 25.9. The number of nitrogens with zero attached hydrogens (tertiary/aromatic N) is 2. The number of carbonyl (C=O) groups is 2. The van der Waals surface area contributed by atoms with E-state index in [1.807, 2.05) is 14.1 Å². The molecule has 6 nitrogen and oxygen atoms in total. The molecule has 0 radical (unpaired) electrons. The van der Waals surface area contributed by atoms with Crippen LogP contribution in [-0.2, 0) is 4.79 Å². The Bertz CT molecular complexity index is 281. The van der Waals surface area contributed by atoms with E-state index >= 15 is 0 Å². The molecule has 1 aliphatic heterocycles. The molecule has 1 atom stereocenters. The summed E-state index contributed by atoms with van der Waals surface area (Å²) in [5.41, 5.74) is 0. The highest BCUT2D eigenvalue weighted by molar-refractivity contribution is 5.74. The van der Waals surface area contributed by atoms with Gasteiger partial charge in [-0.05, 0) is 26.9 Å². The predicted octanol–water partition coefficient (Wildman–Crippen LogP) is 0.197. The number of rotatable bonds is 5. The van der Waals surface area contributed by atoms with E-state index in [1.165, 1.54) is 0 Å². The molecule has 17 heavy (non-hydrogen) atoms. The quantitative estimate of drug-likeness (QED) is 0.676. The van der Waals surface area contributed by atoms with Crippen LogP contribution in [0.5, 0.6) is 0 Å². The van der Waals surface area contributed by atoms with Crippen molar-refractivity contribution < 1.29 is 14.7 Å². The minimum Gasteiger partial charge on any atom is -0.481 e. The maximum absolute atomic E-state index is 11.7. The van der Waals surface area contributed by atoms with Gasteiger partial charge in [0.15, 0.2) is 0 Å². The van der Waals surface area contributed by atoms with Gasteiger partial charge in [0.2, 0.25) is 0 Å². The number of nitrogens with one attached hydrogen (secondary N) is 1. The zero-order valence-electron chi connectivity index (χ0n) is 10.5. The highest BCUT2D eigenvalue weighted by Crippen LogP contribution is 2.12. The number of hydrogen-bond acceptors (Lipinski definition) is 3. The number of carbonyl (C=O) groups excluding carboxylic acids is 1. The molecule has 0 aliphatic carbocycles. The van der Waals surface area contributed by atoms with E-state index < -0.39 is 5.97 Å². The molecule has 1 rings (SSSR count). The topological polar surface area (TPSA) is 72.9 Å². The summed E-state index contributed by atoms with van der Waals surface area (Å²) in [5.74, 6) is -0.826. The van der Waals surface area contributed by atoms with Gasteiger partial charge >= 0.3 is 12.0 Å². The molecule has 0 aromatic heterocycles. The molecule has 0 spiro atoms. The van der Waals surface area contributed by atoms with Crippen LogP contribution < -0.4 is 5.32 Å². The average Bonchev–Trinajstić information content (AvgIpc) is 2.73. The van der Waals surface area contributed by atoms with Gasteiger partial charge in [0.25, 0.3) is 0 Å². The highest BCUT2D eigenvalue weighted by Gasteiger charge is 2.26. The number of carboxylic acids is 1. The van der Waals surface area contributed by atoms with Crippen LogP contribution in [0.25, 0.3) is 0 Å². The van der Waals surface area contributed by atoms with Crippen LogP contribution in [0.1, 0.15) is 19.3 Å². The van der Waals surface area contributed by atoms with E-state index in [0.717, 1.165) is 19.5 Å². The molecule has 2 amide bonds. The minimum atomic E-state index is -0.826. The van der Waals surface area contributed by atoms with Crippen LogP contribution in [0.2, 0.25) is 0 Å². The lowest BCUT2D eigenvalue weighted by molar-refractivity contribution is -0.137. The fraction of sp³-hybridized carbons (Fsp3) is 0.818. The van der Waals surface area contributed by atoms with Crippen LogP contribution in [0.15, 0.2) is 0 Å². The smallest absolute Gasteiger partial charge is 0.317 e. The van der Waals surface area contributed by atoms with E-state index in [4.69, 9.17) is 5.11 Å². The summed E-state index contributed by atoms with van der Waals surface area (Å²) in [5, 5.41) is 11.2. The third-order valence-electron chi connectivity index (χ3n) is 3.02. The largest absolute Gasteiger partial charge is 0.481 e. The maximum atomic E-state index is 11.7. The van der Waals surface area contributed by atoms with Gasteiger partial charge in [-0.25, -0.2) is 4.79 Å². The molecule has 98 valence electrons. The van der Waals surface area contributed by atoms with Gasteiger partial charge in [-0.2, -0.15) is 0 Å². The van der Waals surface area contributed by atoms with Crippen molar-refractivity contribution >= 4 is 12.0 Å². The third-order valence-corrected chi connectivity index (χ3v) is 3.02. The molecule has 0 bridgehead atoms. The second-order valence-electron chi connectivity index (χ2n) is 4.58. The van der Waals surface area contributed by atoms with Crippen LogP contribution in [0.3, 0.4) is 0 Å². The summed E-state index contributed by atoms with van der Waals surface area (Å²) in [6.07, 6.45) is 1.57. The minimum absolute atomic E-state index is 0.0836. The fourth-order valence-corrected chi connectivity index (χ4v) is 1.89. The van der Waals surface area contributed by atoms with Crippen molar-refractivity contribution in [1.82, 2.24) is 15.1 Å². The average molecular weight is 243 g/mol. The molecule has 0 aromatic rings. The summed E-state index contributed by atoms with van der Waals surface area (Å²) in [6, 6.07) is 0.347. The molecule has 2 N–H and O–H groups in total. The Hall–Kier alpha value is -1.30. The van der Waals surface area contributed by atoms with E-state index in [-0.39, 0.29) is 12.5 Å². The lowest BCUT2D eigenvalue weighted by Crippen LogP contribution is -2.41. The van der Waals surface area contributed by atoms with Crippen molar-refractivity contribution in [3.8, 4) is 0 Å². The monoisotopic (exact) mass is 243 g/mol. The Balaban J connectivity index is 2.18. The van der Waals surface area contributed by atoms with Gasteiger partial charge in [0.05, 0.1) is 0 Å². The van der Waals surface area contributed by atoms with Gasteiger partial charge in [-0.3, -0.25) is 4.79 Å². The highest BCUT2D eigenvalue weighted by atomic mass is 16.4. The first-order valence-corrected chi connectivity index (χ1v) is 5.91. The first-order valence-electron chi connectivity index (χ1n) is 5.91. The van der Waals surface area contributed by atoms with E-state index in [1.54, 1.807) is 4.90 Å². The predicted molar refractivity (Wildman–Crippen MR) is 63.9 cm³/mol. The second-order valence-corrected chi connectivity index (χ2v) is 4.58. The van der Waals surface area contributed by atoms with Crippen LogP contribution in [-0.4, -0.2) is 66.7 Å². The van der Waals surface area contributed by atoms with E-state index in [0.29, 0.717) is 19.0 Å². The molecular weight excluding hydrogens is 222 g/mol. The number of aliphatic carboxylic acids is 1. The second kappa shape index (κ2) is 6.44. The van der Waals surface area contributed by atoms with Gasteiger partial charge in [-0.1, -0.05) is 0 Å². The number of hydrogen-bond donors (Lipinski definition) is 2. The molecular formula is C11H21N3O3. The standard InChI is InChI=1S/C11H21N3O3/c1-13(2)9-5-7-14(8-9)11(17)12-6-3-4-10(15)16/h9H,3-8H2,1-2H3,(H,12,17)(H,15,16). The fourth-order valence-electron chi connectivity index (χ4n) is 1.89. The lowest BCUT2D eigenvalue weighted by atomic mass is 10.2. The third kappa shape index (κ3) is 4.60. The molecule has 1 heterocycles. The van der Waals surface area contributed by atoms with Gasteiger partial charge < -0.3 is 20.2 Å². The summed E-state index contributed by atoms with van der Waals surface area (Å²) in [7, 11) is 4.03. The van der Waals surface area contributed by atoms with Crippen LogP contribution >= 0.6 is 0 Å².